The zero-order valence-corrected chi connectivity index (χ0v) is 42.5. The average Bonchev–Trinajstić information content (AvgIpc) is 4.21. The van der Waals surface area contributed by atoms with E-state index >= 15 is 0 Å². The van der Waals surface area contributed by atoms with Crippen LogP contribution in [0.15, 0.2) is 182 Å². The van der Waals surface area contributed by atoms with Crippen LogP contribution in [-0.4, -0.2) is 78.5 Å². The van der Waals surface area contributed by atoms with Crippen molar-refractivity contribution in [2.75, 3.05) is 13.2 Å². The van der Waals surface area contributed by atoms with E-state index in [0.29, 0.717) is 24.0 Å². The second-order valence-electron chi connectivity index (χ2n) is 19.6. The fourth-order valence-corrected chi connectivity index (χ4v) is 10.3. The van der Waals surface area contributed by atoms with Gasteiger partial charge in [-0.2, -0.15) is 26.3 Å². The topological polar surface area (TPSA) is 161 Å². The van der Waals surface area contributed by atoms with Crippen LogP contribution in [0.1, 0.15) is 57.5 Å². The van der Waals surface area contributed by atoms with Gasteiger partial charge in [-0.1, -0.05) is 115 Å². The maximum atomic E-state index is 13.0. The van der Waals surface area contributed by atoms with Gasteiger partial charge in [0.15, 0.2) is 12.4 Å². The SMILES string of the molecule is O=C(/C=C/[C@@H]1[C@H]2CC(=O)O[C@H]2C[C@H]1OC(=O)c1ccc(-c2ccccc2)cc1)COc1cccc(C(F)(F)F)c1.O=C1C[C@@H]2[C@@H](/C=C/C(O)COc3cccc(C(F)(F)F)c3)[C@H](OC(=O)c3ccc(-c4ccccc4)cc3)C[C@@H]2O1. The molecule has 2 aliphatic heterocycles. The Labute approximate surface area is 455 Å². The van der Waals surface area contributed by atoms with Gasteiger partial charge in [-0.25, -0.2) is 9.59 Å². The Morgan fingerprint density at radius 3 is 1.43 bits per heavy atom. The summed E-state index contributed by atoms with van der Waals surface area (Å²) in [7, 11) is 0. The van der Waals surface area contributed by atoms with Crippen LogP contribution in [0.3, 0.4) is 0 Å². The summed E-state index contributed by atoms with van der Waals surface area (Å²) in [6, 6.07) is 42.2. The lowest BCUT2D eigenvalue weighted by molar-refractivity contribution is -0.143. The average molecular weight is 1100 g/mol. The number of benzene rings is 6. The van der Waals surface area contributed by atoms with Crippen LogP contribution in [0.2, 0.25) is 0 Å². The fourth-order valence-electron chi connectivity index (χ4n) is 10.3. The summed E-state index contributed by atoms with van der Waals surface area (Å²) in [6.07, 6.45) is -5.37. The molecule has 0 bridgehead atoms. The molecule has 6 aromatic rings. The predicted octanol–water partition coefficient (Wildman–Crippen LogP) is 11.9. The van der Waals surface area contributed by atoms with Gasteiger partial charge < -0.3 is 33.5 Å². The van der Waals surface area contributed by atoms with Gasteiger partial charge in [0, 0.05) is 36.5 Å². The van der Waals surface area contributed by atoms with Gasteiger partial charge in [0.2, 0.25) is 0 Å². The molecule has 12 nitrogen and oxygen atoms in total. The summed E-state index contributed by atoms with van der Waals surface area (Å²) in [5.74, 6) is -3.67. The molecular formula is C62H52F6O12. The van der Waals surface area contributed by atoms with E-state index < -0.39 is 90.2 Å². The quantitative estimate of drug-likeness (QED) is 0.0322. The van der Waals surface area contributed by atoms with E-state index in [4.69, 9.17) is 28.4 Å². The Morgan fingerprint density at radius 2 is 0.975 bits per heavy atom. The van der Waals surface area contributed by atoms with Crippen molar-refractivity contribution in [3.05, 3.63) is 204 Å². The van der Waals surface area contributed by atoms with Crippen LogP contribution >= 0.6 is 0 Å². The van der Waals surface area contributed by atoms with E-state index in [-0.39, 0.29) is 54.7 Å². The Bertz CT molecular complexity index is 3220. The van der Waals surface area contributed by atoms with Gasteiger partial charge in [0.05, 0.1) is 35.1 Å². The van der Waals surface area contributed by atoms with E-state index in [2.05, 4.69) is 0 Å². The fraction of sp³-hybridized carbons (Fsp3) is 0.274. The number of ketones is 1. The number of carbonyl (C=O) groups is 5. The number of carbonyl (C=O) groups excluding carboxylic acids is 5. The third-order valence-electron chi connectivity index (χ3n) is 14.3. The number of fused-ring (bicyclic) bond motifs is 2. The molecule has 414 valence electrons. The number of hydrogen-bond acceptors (Lipinski definition) is 12. The molecule has 80 heavy (non-hydrogen) atoms. The minimum absolute atomic E-state index is 0.0249. The second-order valence-corrected chi connectivity index (χ2v) is 19.6. The third-order valence-corrected chi connectivity index (χ3v) is 14.3. The summed E-state index contributed by atoms with van der Waals surface area (Å²) < 4.78 is 111. The van der Waals surface area contributed by atoms with E-state index in [1.165, 1.54) is 36.4 Å². The number of aliphatic hydroxyl groups excluding tert-OH is 1. The molecule has 2 heterocycles. The predicted molar refractivity (Wildman–Crippen MR) is 278 cm³/mol. The summed E-state index contributed by atoms with van der Waals surface area (Å²) in [4.78, 5) is 62.2. The molecule has 10 rings (SSSR count). The van der Waals surface area contributed by atoms with Crippen molar-refractivity contribution in [2.24, 2.45) is 23.7 Å². The minimum Gasteiger partial charge on any atom is -0.491 e. The number of esters is 4. The lowest BCUT2D eigenvalue weighted by Crippen LogP contribution is -2.25. The number of hydrogen-bond donors (Lipinski definition) is 1. The highest BCUT2D eigenvalue weighted by molar-refractivity contribution is 5.92. The Kier molecular flexibility index (Phi) is 17.3. The normalized spacial score (nSPS) is 22.6. The molecule has 9 atom stereocenters. The van der Waals surface area contributed by atoms with Gasteiger partial charge >= 0.3 is 36.2 Å². The van der Waals surface area contributed by atoms with E-state index in [9.17, 15) is 55.4 Å². The van der Waals surface area contributed by atoms with Crippen molar-refractivity contribution in [1.82, 2.24) is 0 Å². The molecular weight excluding hydrogens is 1050 g/mol. The van der Waals surface area contributed by atoms with Gasteiger partial charge in [0.25, 0.3) is 0 Å². The number of rotatable bonds is 16. The largest absolute Gasteiger partial charge is 0.491 e. The van der Waals surface area contributed by atoms with Crippen molar-refractivity contribution in [1.29, 1.82) is 0 Å². The number of alkyl halides is 6. The van der Waals surface area contributed by atoms with Gasteiger partial charge in [-0.15, -0.1) is 0 Å². The van der Waals surface area contributed by atoms with Crippen LogP contribution in [0.5, 0.6) is 11.5 Å². The molecule has 1 unspecified atom stereocenters. The summed E-state index contributed by atoms with van der Waals surface area (Å²) in [5.41, 5.74) is 2.96. The zero-order valence-electron chi connectivity index (χ0n) is 42.5. The van der Waals surface area contributed by atoms with Crippen LogP contribution in [-0.2, 0) is 45.7 Å². The van der Waals surface area contributed by atoms with Gasteiger partial charge in [-0.05, 0) is 89.0 Å². The first kappa shape index (κ1) is 56.2. The van der Waals surface area contributed by atoms with Gasteiger partial charge in [0.1, 0.15) is 48.6 Å². The molecule has 0 spiro atoms. The monoisotopic (exact) mass is 1100 g/mol. The van der Waals surface area contributed by atoms with Crippen LogP contribution in [0, 0.1) is 23.7 Å². The van der Waals surface area contributed by atoms with Crippen molar-refractivity contribution >= 4 is 29.7 Å². The first-order valence-electron chi connectivity index (χ1n) is 25.6. The van der Waals surface area contributed by atoms with E-state index in [1.807, 2.05) is 84.9 Å². The summed E-state index contributed by atoms with van der Waals surface area (Å²) in [5, 5.41) is 10.4. The molecule has 2 saturated heterocycles. The molecule has 0 aromatic heterocycles. The highest BCUT2D eigenvalue weighted by atomic mass is 19.4. The van der Waals surface area contributed by atoms with Crippen molar-refractivity contribution in [3.63, 3.8) is 0 Å². The highest BCUT2D eigenvalue weighted by Crippen LogP contribution is 2.45. The van der Waals surface area contributed by atoms with Crippen LogP contribution < -0.4 is 9.47 Å². The number of aliphatic hydroxyl groups is 1. The van der Waals surface area contributed by atoms with Gasteiger partial charge in [-0.3, -0.25) is 14.4 Å². The summed E-state index contributed by atoms with van der Waals surface area (Å²) in [6.45, 7) is -0.765. The van der Waals surface area contributed by atoms with Crippen molar-refractivity contribution in [3.8, 4) is 33.8 Å². The lowest BCUT2D eigenvalue weighted by atomic mass is 9.91. The maximum absolute atomic E-state index is 13.0. The Morgan fingerprint density at radius 1 is 0.550 bits per heavy atom. The molecule has 18 heteroatoms. The Hall–Kier alpha value is -8.51. The molecule has 2 aliphatic carbocycles. The molecule has 4 aliphatic rings. The van der Waals surface area contributed by atoms with E-state index in [1.54, 1.807) is 36.4 Å². The van der Waals surface area contributed by atoms with Crippen molar-refractivity contribution < 1.29 is 83.8 Å². The smallest absolute Gasteiger partial charge is 0.416 e. The molecule has 0 amide bonds. The minimum atomic E-state index is -4.53. The molecule has 4 fully saturated rings. The first-order chi connectivity index (χ1) is 38.3. The molecule has 6 aromatic carbocycles. The number of halogens is 6. The van der Waals surface area contributed by atoms with Crippen LogP contribution in [0.4, 0.5) is 26.3 Å². The third kappa shape index (κ3) is 14.2. The zero-order chi connectivity index (χ0) is 56.6. The molecule has 0 radical (unpaired) electrons. The lowest BCUT2D eigenvalue weighted by Gasteiger charge is -2.21. The molecule has 2 saturated carbocycles. The number of ether oxygens (including phenoxy) is 6. The summed E-state index contributed by atoms with van der Waals surface area (Å²) >= 11 is 0. The standard InChI is InChI=1S/C31H27F3O6.C31H25F3O6/c2*32-31(33,34)22-7-4-8-24(15-22)38-18-23(35)13-14-25-26-16-29(36)39-28(26)17-27(25)40-30(37)21-11-9-20(10-12-21)19-5-2-1-3-6-19/h1-15,23,25-28,35H,16-18H2;1-15,25-28H,16-18H2/b2*14-13+/t23?,25-,26-,27-,28+;25-,26-,27-,28+/m11/s1. The molecule has 1 N–H and O–H groups in total. The van der Waals surface area contributed by atoms with E-state index in [0.717, 1.165) is 46.5 Å². The second kappa shape index (κ2) is 24.7. The van der Waals surface area contributed by atoms with Crippen molar-refractivity contribution in [2.45, 2.75) is 68.6 Å². The Balaban J connectivity index is 0.000000194. The van der Waals surface area contributed by atoms with Crippen LogP contribution in [0.25, 0.3) is 22.3 Å². The maximum Gasteiger partial charge on any atom is 0.416 e. The highest BCUT2D eigenvalue weighted by Gasteiger charge is 2.52. The first-order valence-corrected chi connectivity index (χ1v) is 25.6.